The molecule has 0 aliphatic rings. The van der Waals surface area contributed by atoms with E-state index in [1.165, 1.54) is 11.8 Å². The summed E-state index contributed by atoms with van der Waals surface area (Å²) in [7, 11) is 1.91. The van der Waals surface area contributed by atoms with E-state index in [0.29, 0.717) is 5.75 Å². The molecule has 1 unspecified atom stereocenters. The summed E-state index contributed by atoms with van der Waals surface area (Å²) in [4.78, 5) is 11.6. The number of rotatable bonds is 5. The Bertz CT molecular complexity index is 348. The summed E-state index contributed by atoms with van der Waals surface area (Å²) in [5.41, 5.74) is 0. The molecule has 0 N–H and O–H groups in total. The van der Waals surface area contributed by atoms with Crippen molar-refractivity contribution in [2.24, 2.45) is 13.0 Å². The molecule has 84 valence electrons. The largest absolute Gasteiger partial charge is 0.309 e. The van der Waals surface area contributed by atoms with Gasteiger partial charge in [-0.05, 0) is 13.3 Å². The fourth-order valence-electron chi connectivity index (χ4n) is 1.02. The molecule has 1 aromatic heterocycles. The van der Waals surface area contributed by atoms with Crippen molar-refractivity contribution in [3.05, 3.63) is 5.82 Å². The van der Waals surface area contributed by atoms with Crippen LogP contribution in [0.2, 0.25) is 0 Å². The molecule has 5 heteroatoms. The number of hydrogen-bond donors (Lipinski definition) is 0. The Kier molecular flexibility index (Phi) is 4.32. The van der Waals surface area contributed by atoms with Crippen LogP contribution in [0.3, 0.4) is 0 Å². The zero-order valence-electron chi connectivity index (χ0n) is 9.65. The number of nitrogens with zero attached hydrogens (tertiary/aromatic N) is 3. The minimum atomic E-state index is 0.145. The lowest BCUT2D eigenvalue weighted by atomic mass is 10.1. The molecular weight excluding hydrogens is 210 g/mol. The fraction of sp³-hybridized carbons (Fsp3) is 0.700. The highest BCUT2D eigenvalue weighted by atomic mass is 32.2. The molecular formula is C10H17N3OS. The highest BCUT2D eigenvalue weighted by molar-refractivity contribution is 7.99. The summed E-state index contributed by atoms with van der Waals surface area (Å²) in [6.07, 6.45) is 0.900. The molecule has 0 fully saturated rings. The van der Waals surface area contributed by atoms with Gasteiger partial charge in [-0.25, -0.2) is 0 Å². The second-order valence-electron chi connectivity index (χ2n) is 3.65. The van der Waals surface area contributed by atoms with Gasteiger partial charge in [-0.3, -0.25) is 4.79 Å². The van der Waals surface area contributed by atoms with Crippen LogP contribution in [0.1, 0.15) is 26.1 Å². The van der Waals surface area contributed by atoms with Gasteiger partial charge in [0.1, 0.15) is 11.6 Å². The number of Topliss-reactive ketones (excluding diaryl/α,β-unsaturated/α-hetero) is 1. The summed E-state index contributed by atoms with van der Waals surface area (Å²) >= 11 is 1.46. The number of carbonyl (C=O) groups excluding carboxylic acids is 1. The monoisotopic (exact) mass is 227 g/mol. The standard InChI is InChI=1S/C10H17N3OS/c1-5-7(2)9(14)6-15-10-12-11-8(3)13(10)4/h7H,5-6H2,1-4H3. The second kappa shape index (κ2) is 5.30. The number of ketones is 1. The molecule has 0 amide bonds. The Morgan fingerprint density at radius 2 is 2.20 bits per heavy atom. The maximum absolute atomic E-state index is 11.6. The summed E-state index contributed by atoms with van der Waals surface area (Å²) < 4.78 is 1.90. The first-order valence-corrected chi connectivity index (χ1v) is 6.06. The molecule has 0 aliphatic carbocycles. The molecule has 1 atom stereocenters. The zero-order valence-corrected chi connectivity index (χ0v) is 10.5. The average Bonchev–Trinajstić information content (AvgIpc) is 2.55. The molecule has 0 bridgehead atoms. The number of carbonyl (C=O) groups is 1. The van der Waals surface area contributed by atoms with Gasteiger partial charge in [0.2, 0.25) is 0 Å². The quantitative estimate of drug-likeness (QED) is 0.720. The van der Waals surface area contributed by atoms with Crippen LogP contribution < -0.4 is 0 Å². The molecule has 0 aromatic carbocycles. The molecule has 1 heterocycles. The molecule has 15 heavy (non-hydrogen) atoms. The third kappa shape index (κ3) is 3.06. The number of thioether (sulfide) groups is 1. The van der Waals surface area contributed by atoms with Crippen LogP contribution in [0.4, 0.5) is 0 Å². The van der Waals surface area contributed by atoms with Gasteiger partial charge >= 0.3 is 0 Å². The van der Waals surface area contributed by atoms with E-state index in [-0.39, 0.29) is 11.7 Å². The highest BCUT2D eigenvalue weighted by Gasteiger charge is 2.13. The van der Waals surface area contributed by atoms with Crippen molar-refractivity contribution < 1.29 is 4.79 Å². The maximum Gasteiger partial charge on any atom is 0.191 e. The summed E-state index contributed by atoms with van der Waals surface area (Å²) in [5.74, 6) is 1.78. The first-order chi connectivity index (χ1) is 7.06. The number of aryl methyl sites for hydroxylation is 1. The van der Waals surface area contributed by atoms with E-state index in [0.717, 1.165) is 17.4 Å². The fourth-order valence-corrected chi connectivity index (χ4v) is 2.00. The Labute approximate surface area is 94.5 Å². The van der Waals surface area contributed by atoms with Crippen molar-refractivity contribution in [2.75, 3.05) is 5.75 Å². The lowest BCUT2D eigenvalue weighted by molar-refractivity contribution is -0.119. The van der Waals surface area contributed by atoms with E-state index in [9.17, 15) is 4.79 Å². The van der Waals surface area contributed by atoms with E-state index in [4.69, 9.17) is 0 Å². The highest BCUT2D eigenvalue weighted by Crippen LogP contribution is 2.17. The third-order valence-corrected chi connectivity index (χ3v) is 3.60. The molecule has 1 rings (SSSR count). The minimum Gasteiger partial charge on any atom is -0.309 e. The van der Waals surface area contributed by atoms with Crippen molar-refractivity contribution in [2.45, 2.75) is 32.3 Å². The van der Waals surface area contributed by atoms with E-state index >= 15 is 0 Å². The number of aromatic nitrogens is 3. The van der Waals surface area contributed by atoms with Crippen molar-refractivity contribution in [3.8, 4) is 0 Å². The van der Waals surface area contributed by atoms with Gasteiger partial charge in [-0.2, -0.15) is 0 Å². The van der Waals surface area contributed by atoms with Crippen LogP contribution in [0.15, 0.2) is 5.16 Å². The Hall–Kier alpha value is -0.840. The van der Waals surface area contributed by atoms with E-state index in [1.807, 2.05) is 32.4 Å². The van der Waals surface area contributed by atoms with Gasteiger partial charge in [0.25, 0.3) is 0 Å². The van der Waals surface area contributed by atoms with Gasteiger partial charge in [0.05, 0.1) is 5.75 Å². The lowest BCUT2D eigenvalue weighted by Gasteiger charge is -2.06. The first-order valence-electron chi connectivity index (χ1n) is 5.07. The summed E-state index contributed by atoms with van der Waals surface area (Å²) in [5, 5.41) is 8.75. The molecule has 0 aliphatic heterocycles. The second-order valence-corrected chi connectivity index (χ2v) is 4.60. The molecule has 0 saturated carbocycles. The van der Waals surface area contributed by atoms with Crippen LogP contribution >= 0.6 is 11.8 Å². The van der Waals surface area contributed by atoms with Gasteiger partial charge in [0.15, 0.2) is 5.16 Å². The van der Waals surface area contributed by atoms with Crippen LogP contribution in [0.25, 0.3) is 0 Å². The summed E-state index contributed by atoms with van der Waals surface area (Å²) in [6.45, 7) is 5.89. The van der Waals surface area contributed by atoms with Crippen molar-refractivity contribution in [1.29, 1.82) is 0 Å². The first kappa shape index (κ1) is 12.2. The Morgan fingerprint density at radius 1 is 1.53 bits per heavy atom. The van der Waals surface area contributed by atoms with Gasteiger partial charge < -0.3 is 4.57 Å². The van der Waals surface area contributed by atoms with Crippen LogP contribution in [-0.2, 0) is 11.8 Å². The SMILES string of the molecule is CCC(C)C(=O)CSc1nnc(C)n1C. The normalized spacial score (nSPS) is 12.8. The van der Waals surface area contributed by atoms with E-state index in [1.54, 1.807) is 0 Å². The topological polar surface area (TPSA) is 47.8 Å². The molecule has 0 spiro atoms. The van der Waals surface area contributed by atoms with Crippen LogP contribution in [0, 0.1) is 12.8 Å². The molecule has 0 saturated heterocycles. The van der Waals surface area contributed by atoms with E-state index in [2.05, 4.69) is 10.2 Å². The molecule has 1 aromatic rings. The van der Waals surface area contributed by atoms with Crippen molar-refractivity contribution >= 4 is 17.5 Å². The molecule has 4 nitrogen and oxygen atoms in total. The van der Waals surface area contributed by atoms with Gasteiger partial charge in [-0.1, -0.05) is 25.6 Å². The van der Waals surface area contributed by atoms with Crippen molar-refractivity contribution in [3.63, 3.8) is 0 Å². The predicted octanol–water partition coefficient (Wildman–Crippen LogP) is 1.83. The molecule has 0 radical (unpaired) electrons. The van der Waals surface area contributed by atoms with Crippen LogP contribution in [0.5, 0.6) is 0 Å². The Morgan fingerprint density at radius 3 is 2.67 bits per heavy atom. The smallest absolute Gasteiger partial charge is 0.191 e. The summed E-state index contributed by atoms with van der Waals surface area (Å²) in [6, 6.07) is 0. The average molecular weight is 227 g/mol. The third-order valence-electron chi connectivity index (χ3n) is 2.56. The maximum atomic E-state index is 11.6. The van der Waals surface area contributed by atoms with Crippen molar-refractivity contribution in [1.82, 2.24) is 14.8 Å². The zero-order chi connectivity index (χ0) is 11.4. The number of hydrogen-bond acceptors (Lipinski definition) is 4. The van der Waals surface area contributed by atoms with Crippen LogP contribution in [-0.4, -0.2) is 26.3 Å². The predicted molar refractivity (Wildman–Crippen MR) is 60.9 cm³/mol. The van der Waals surface area contributed by atoms with Gasteiger partial charge in [0, 0.05) is 13.0 Å². The minimum absolute atomic E-state index is 0.145. The Balaban J connectivity index is 2.51. The lowest BCUT2D eigenvalue weighted by Crippen LogP contribution is -2.12. The van der Waals surface area contributed by atoms with E-state index < -0.39 is 0 Å². The van der Waals surface area contributed by atoms with Gasteiger partial charge in [-0.15, -0.1) is 10.2 Å².